The molecule has 6 nitrogen and oxygen atoms in total. The van der Waals surface area contributed by atoms with Crippen molar-refractivity contribution in [1.29, 1.82) is 0 Å². The summed E-state index contributed by atoms with van der Waals surface area (Å²) in [4.78, 5) is 10.0. The van der Waals surface area contributed by atoms with E-state index in [0.717, 1.165) is 0 Å². The maximum atomic E-state index is 12.7. The Morgan fingerprint density at radius 2 is 1.75 bits per heavy atom. The molecule has 0 amide bonds. The summed E-state index contributed by atoms with van der Waals surface area (Å²) in [6.07, 6.45) is -3.67. The van der Waals surface area contributed by atoms with Crippen molar-refractivity contribution >= 4 is 16.0 Å². The van der Waals surface area contributed by atoms with Crippen LogP contribution in [0.3, 0.4) is 0 Å². The van der Waals surface area contributed by atoms with E-state index in [-0.39, 0.29) is 25.7 Å². The molecular weight excluding hydrogens is 351 g/mol. The molecule has 1 fully saturated rings. The summed E-state index contributed by atoms with van der Waals surface area (Å²) in [5.41, 5.74) is -1.18. The van der Waals surface area contributed by atoms with Crippen molar-refractivity contribution in [3.8, 4) is 5.75 Å². The van der Waals surface area contributed by atoms with Gasteiger partial charge in [0.05, 0.1) is 11.5 Å². The molecule has 0 heterocycles. The highest BCUT2D eigenvalue weighted by atomic mass is 32.2. The number of hydrogen-bond donors (Lipinski definition) is 3. The summed E-state index contributed by atoms with van der Waals surface area (Å²) in [5.74, 6) is -2.28. The van der Waals surface area contributed by atoms with Crippen LogP contribution in [0.25, 0.3) is 0 Å². The van der Waals surface area contributed by atoms with E-state index in [1.54, 1.807) is 0 Å². The zero-order valence-electron chi connectivity index (χ0n) is 12.4. The SMILES string of the molecule is O=C(O)C1CCC(NS(=O)(=O)c2cc(C(F)(F)F)ccc2O)CC1. The molecule has 2 rings (SSSR count). The number of aromatic hydroxyl groups is 1. The fraction of sp³-hybridized carbons (Fsp3) is 0.500. The number of alkyl halides is 3. The highest BCUT2D eigenvalue weighted by Gasteiger charge is 2.34. The van der Waals surface area contributed by atoms with Crippen molar-refractivity contribution in [3.63, 3.8) is 0 Å². The van der Waals surface area contributed by atoms with Crippen molar-refractivity contribution in [2.24, 2.45) is 5.92 Å². The van der Waals surface area contributed by atoms with E-state index in [9.17, 15) is 31.5 Å². The van der Waals surface area contributed by atoms with Crippen LogP contribution in [-0.4, -0.2) is 30.6 Å². The molecule has 3 N–H and O–H groups in total. The first-order valence-electron chi connectivity index (χ1n) is 7.16. The van der Waals surface area contributed by atoms with Crippen LogP contribution in [0.1, 0.15) is 31.2 Å². The number of sulfonamides is 1. The van der Waals surface area contributed by atoms with E-state index in [1.165, 1.54) is 0 Å². The number of nitrogens with one attached hydrogen (secondary N) is 1. The summed E-state index contributed by atoms with van der Waals surface area (Å²) >= 11 is 0. The number of aliphatic carboxylic acids is 1. The number of halogens is 3. The van der Waals surface area contributed by atoms with E-state index in [2.05, 4.69) is 4.72 Å². The van der Waals surface area contributed by atoms with Crippen LogP contribution in [0.5, 0.6) is 5.75 Å². The second kappa shape index (κ2) is 6.60. The number of carbonyl (C=O) groups is 1. The zero-order chi connectivity index (χ0) is 18.1. The van der Waals surface area contributed by atoms with Crippen molar-refractivity contribution < 1.29 is 36.6 Å². The summed E-state index contributed by atoms with van der Waals surface area (Å²) < 4.78 is 64.9. The summed E-state index contributed by atoms with van der Waals surface area (Å²) in [6, 6.07) is 1.06. The molecule has 0 bridgehead atoms. The van der Waals surface area contributed by atoms with E-state index in [4.69, 9.17) is 5.11 Å². The van der Waals surface area contributed by atoms with Gasteiger partial charge in [0.1, 0.15) is 10.6 Å². The van der Waals surface area contributed by atoms with Gasteiger partial charge in [-0.05, 0) is 43.9 Å². The van der Waals surface area contributed by atoms with Gasteiger partial charge in [-0.25, -0.2) is 13.1 Å². The normalized spacial score (nSPS) is 22.3. The molecular formula is C14H16F3NO5S. The maximum absolute atomic E-state index is 12.7. The second-order valence-electron chi connectivity index (χ2n) is 5.69. The van der Waals surface area contributed by atoms with Crippen LogP contribution in [0.2, 0.25) is 0 Å². The number of phenols is 1. The number of carboxylic acid groups (broad SMARTS) is 1. The lowest BCUT2D eigenvalue weighted by Crippen LogP contribution is -2.38. The third-order valence-corrected chi connectivity index (χ3v) is 5.52. The largest absolute Gasteiger partial charge is 0.507 e. The molecule has 0 aliphatic heterocycles. The Bertz CT molecular complexity index is 724. The molecule has 0 radical (unpaired) electrons. The second-order valence-corrected chi connectivity index (χ2v) is 7.37. The van der Waals surface area contributed by atoms with Gasteiger partial charge in [0.25, 0.3) is 0 Å². The Hall–Kier alpha value is -1.81. The molecule has 0 saturated heterocycles. The Balaban J connectivity index is 2.18. The molecule has 134 valence electrons. The van der Waals surface area contributed by atoms with E-state index in [1.807, 2.05) is 0 Å². The zero-order valence-corrected chi connectivity index (χ0v) is 13.2. The topological polar surface area (TPSA) is 104 Å². The van der Waals surface area contributed by atoms with Crippen LogP contribution in [0.4, 0.5) is 13.2 Å². The van der Waals surface area contributed by atoms with Crippen molar-refractivity contribution in [2.45, 2.75) is 42.8 Å². The third kappa shape index (κ3) is 4.18. The van der Waals surface area contributed by atoms with E-state index >= 15 is 0 Å². The van der Waals surface area contributed by atoms with Gasteiger partial charge in [0.15, 0.2) is 0 Å². The lowest BCUT2D eigenvalue weighted by molar-refractivity contribution is -0.143. The van der Waals surface area contributed by atoms with Crippen molar-refractivity contribution in [3.05, 3.63) is 23.8 Å². The Morgan fingerprint density at radius 3 is 2.25 bits per heavy atom. The number of hydrogen-bond acceptors (Lipinski definition) is 4. The van der Waals surface area contributed by atoms with Gasteiger partial charge in [-0.15, -0.1) is 0 Å². The van der Waals surface area contributed by atoms with Gasteiger partial charge >= 0.3 is 12.1 Å². The Kier molecular flexibility index (Phi) is 5.09. The number of rotatable bonds is 4. The fourth-order valence-electron chi connectivity index (χ4n) is 2.65. The molecule has 0 spiro atoms. The minimum absolute atomic E-state index is 0.260. The lowest BCUT2D eigenvalue weighted by atomic mass is 9.87. The minimum Gasteiger partial charge on any atom is -0.507 e. The lowest BCUT2D eigenvalue weighted by Gasteiger charge is -2.26. The van der Waals surface area contributed by atoms with Gasteiger partial charge < -0.3 is 10.2 Å². The Labute approximate surface area is 136 Å². The van der Waals surface area contributed by atoms with E-state index < -0.39 is 50.3 Å². The van der Waals surface area contributed by atoms with Crippen molar-refractivity contribution in [2.75, 3.05) is 0 Å². The van der Waals surface area contributed by atoms with E-state index in [0.29, 0.717) is 18.2 Å². The van der Waals surface area contributed by atoms with Crippen LogP contribution in [0.15, 0.2) is 23.1 Å². The van der Waals surface area contributed by atoms with Gasteiger partial charge in [-0.3, -0.25) is 4.79 Å². The molecule has 0 aromatic heterocycles. The fourth-order valence-corrected chi connectivity index (χ4v) is 4.07. The summed E-state index contributed by atoms with van der Waals surface area (Å²) in [5, 5.41) is 18.5. The molecule has 10 heteroatoms. The first-order chi connectivity index (χ1) is 11.0. The van der Waals surface area contributed by atoms with Gasteiger partial charge in [-0.2, -0.15) is 13.2 Å². The molecule has 1 aliphatic carbocycles. The molecule has 24 heavy (non-hydrogen) atoms. The summed E-state index contributed by atoms with van der Waals surface area (Å²) in [7, 11) is -4.36. The van der Waals surface area contributed by atoms with Crippen LogP contribution < -0.4 is 4.72 Å². The third-order valence-electron chi connectivity index (χ3n) is 3.97. The highest BCUT2D eigenvalue weighted by Crippen LogP contribution is 2.34. The van der Waals surface area contributed by atoms with Crippen molar-refractivity contribution in [1.82, 2.24) is 4.72 Å². The standard InChI is InChI=1S/C14H16F3NO5S/c15-14(16,17)9-3-6-11(19)12(7-9)24(22,23)18-10-4-1-8(2-5-10)13(20)21/h3,6-8,10,18-19H,1-2,4-5H2,(H,20,21). The smallest absolute Gasteiger partial charge is 0.416 e. The molecule has 1 aliphatic rings. The Morgan fingerprint density at radius 1 is 1.17 bits per heavy atom. The van der Waals surface area contributed by atoms with Gasteiger partial charge in [-0.1, -0.05) is 0 Å². The molecule has 0 unspecified atom stereocenters. The van der Waals surface area contributed by atoms with Crippen LogP contribution in [-0.2, 0) is 21.0 Å². The van der Waals surface area contributed by atoms with Gasteiger partial charge in [0.2, 0.25) is 10.0 Å². The van der Waals surface area contributed by atoms with Crippen LogP contribution >= 0.6 is 0 Å². The molecule has 0 atom stereocenters. The average molecular weight is 367 g/mol. The predicted octanol–water partition coefficient (Wildman–Crippen LogP) is 2.33. The molecule has 1 saturated carbocycles. The highest BCUT2D eigenvalue weighted by molar-refractivity contribution is 7.89. The maximum Gasteiger partial charge on any atom is 0.416 e. The first-order valence-corrected chi connectivity index (χ1v) is 8.64. The van der Waals surface area contributed by atoms with Crippen LogP contribution in [0, 0.1) is 5.92 Å². The molecule has 1 aromatic rings. The quantitative estimate of drug-likeness (QED) is 0.758. The number of benzene rings is 1. The minimum atomic E-state index is -4.74. The first kappa shape index (κ1) is 18.5. The van der Waals surface area contributed by atoms with Gasteiger partial charge in [0, 0.05) is 6.04 Å². The number of phenolic OH excluding ortho intramolecular Hbond substituents is 1. The molecule has 1 aromatic carbocycles. The summed E-state index contributed by atoms with van der Waals surface area (Å²) in [6.45, 7) is 0. The monoisotopic (exact) mass is 367 g/mol. The average Bonchev–Trinajstić information content (AvgIpc) is 2.46. The predicted molar refractivity (Wildman–Crippen MR) is 76.8 cm³/mol. The number of carboxylic acids is 1.